The van der Waals surface area contributed by atoms with Crippen molar-refractivity contribution in [3.63, 3.8) is 0 Å². The van der Waals surface area contributed by atoms with Crippen LogP contribution in [0, 0.1) is 16.7 Å². The van der Waals surface area contributed by atoms with Gasteiger partial charge >= 0.3 is 0 Å². The normalized spacial score (nSPS) is 20.8. The Morgan fingerprint density at radius 3 is 2.96 bits per heavy atom. The van der Waals surface area contributed by atoms with Crippen LogP contribution in [0.5, 0.6) is 11.5 Å². The zero-order valence-electron chi connectivity index (χ0n) is 13.5. The highest BCUT2D eigenvalue weighted by Gasteiger charge is 2.30. The average molecular weight is 308 g/mol. The van der Waals surface area contributed by atoms with E-state index in [-0.39, 0.29) is 11.2 Å². The van der Waals surface area contributed by atoms with Gasteiger partial charge in [0.15, 0.2) is 18.9 Å². The van der Waals surface area contributed by atoms with Gasteiger partial charge in [0.2, 0.25) is 0 Å². The second-order valence-electron chi connectivity index (χ2n) is 6.54. The minimum atomic E-state index is -0.0828. The number of hydrogen-bond acceptors (Lipinski definition) is 3. The van der Waals surface area contributed by atoms with Gasteiger partial charge in [-0.25, -0.2) is 4.57 Å². The number of nitrogens with zero attached hydrogens (tertiary/aromatic N) is 2. The van der Waals surface area contributed by atoms with E-state index in [9.17, 15) is 5.11 Å². The van der Waals surface area contributed by atoms with Crippen LogP contribution in [0.2, 0.25) is 0 Å². The molecule has 0 fully saturated rings. The molecular weight excluding hydrogens is 288 g/mol. The molecule has 0 saturated carbocycles. The first kappa shape index (κ1) is 15.4. The van der Waals surface area contributed by atoms with E-state index in [0.29, 0.717) is 17.7 Å². The van der Waals surface area contributed by atoms with E-state index in [4.69, 9.17) is 10.00 Å². The molecule has 1 aliphatic rings. The lowest BCUT2D eigenvalue weighted by atomic mass is 9.78. The Balaban J connectivity index is 1.96. The Hall–Kier alpha value is -2.54. The van der Waals surface area contributed by atoms with Crippen molar-refractivity contribution in [3.8, 4) is 17.6 Å². The Labute approximate surface area is 136 Å². The summed E-state index contributed by atoms with van der Waals surface area (Å²) in [5.74, 6) is 0.679. The van der Waals surface area contributed by atoms with Gasteiger partial charge in [0.1, 0.15) is 5.75 Å². The van der Waals surface area contributed by atoms with E-state index >= 15 is 0 Å². The molecule has 0 N–H and O–H groups in total. The van der Waals surface area contributed by atoms with Gasteiger partial charge in [0.05, 0.1) is 13.2 Å². The monoisotopic (exact) mass is 308 g/mol. The van der Waals surface area contributed by atoms with Crippen molar-refractivity contribution in [2.24, 2.45) is 5.41 Å². The summed E-state index contributed by atoms with van der Waals surface area (Å²) in [6.07, 6.45) is 8.62. The number of benzene rings is 1. The first-order valence-corrected chi connectivity index (χ1v) is 7.83. The molecule has 0 spiro atoms. The first-order valence-electron chi connectivity index (χ1n) is 7.83. The molecule has 1 unspecified atom stereocenters. The Bertz CT molecular complexity index is 820. The smallest absolute Gasteiger partial charge is 0.176 e. The Morgan fingerprint density at radius 1 is 1.39 bits per heavy atom. The van der Waals surface area contributed by atoms with Crippen molar-refractivity contribution in [1.29, 1.82) is 5.26 Å². The minimum Gasteiger partial charge on any atom is -0.868 e. The fourth-order valence-electron chi connectivity index (χ4n) is 3.39. The van der Waals surface area contributed by atoms with E-state index in [1.165, 1.54) is 0 Å². The molecule has 4 nitrogen and oxygen atoms in total. The Kier molecular flexibility index (Phi) is 3.96. The quantitative estimate of drug-likeness (QED) is 0.819. The number of ether oxygens (including phenoxy) is 1. The molecule has 1 aliphatic carbocycles. The number of hydrogen-bond donors (Lipinski definition) is 0. The van der Waals surface area contributed by atoms with E-state index in [1.807, 2.05) is 22.9 Å². The van der Waals surface area contributed by atoms with E-state index in [0.717, 1.165) is 30.2 Å². The van der Waals surface area contributed by atoms with E-state index in [1.54, 1.807) is 19.4 Å². The number of allylic oxidation sites excluding steroid dienone is 2. The fourth-order valence-corrected chi connectivity index (χ4v) is 3.39. The van der Waals surface area contributed by atoms with Crippen molar-refractivity contribution in [2.75, 3.05) is 7.11 Å². The first-order chi connectivity index (χ1) is 11.0. The van der Waals surface area contributed by atoms with Crippen molar-refractivity contribution >= 4 is 10.8 Å². The molecule has 1 heterocycles. The highest BCUT2D eigenvalue weighted by Crippen LogP contribution is 2.34. The van der Waals surface area contributed by atoms with Gasteiger partial charge < -0.3 is 9.84 Å². The molecule has 3 rings (SSSR count). The molecular formula is C19H20N2O2. The third-order valence-corrected chi connectivity index (χ3v) is 4.52. The number of fused-ring (bicyclic) bond motifs is 1. The molecule has 4 heteroatoms. The third kappa shape index (κ3) is 3.14. The Morgan fingerprint density at radius 2 is 2.22 bits per heavy atom. The van der Waals surface area contributed by atoms with Crippen LogP contribution in [0.15, 0.2) is 42.2 Å². The lowest BCUT2D eigenvalue weighted by molar-refractivity contribution is -0.708. The number of pyridine rings is 1. The van der Waals surface area contributed by atoms with E-state index in [2.05, 4.69) is 19.1 Å². The van der Waals surface area contributed by atoms with Gasteiger partial charge in [-0.1, -0.05) is 6.08 Å². The molecule has 0 bridgehead atoms. The summed E-state index contributed by atoms with van der Waals surface area (Å²) in [5, 5.41) is 23.1. The molecule has 0 radical (unpaired) electrons. The van der Waals surface area contributed by atoms with Crippen LogP contribution in [0.1, 0.15) is 26.2 Å². The lowest BCUT2D eigenvalue weighted by Crippen LogP contribution is -2.42. The largest absolute Gasteiger partial charge is 0.868 e. The summed E-state index contributed by atoms with van der Waals surface area (Å²) < 4.78 is 7.14. The number of methoxy groups -OCH3 is 1. The molecule has 1 atom stereocenters. The molecule has 0 amide bonds. The third-order valence-electron chi connectivity index (χ3n) is 4.52. The van der Waals surface area contributed by atoms with Gasteiger partial charge in [-0.15, -0.1) is 0 Å². The van der Waals surface area contributed by atoms with Crippen molar-refractivity contribution in [3.05, 3.63) is 42.2 Å². The van der Waals surface area contributed by atoms with Crippen LogP contribution in [0.3, 0.4) is 0 Å². The van der Waals surface area contributed by atoms with Crippen molar-refractivity contribution in [1.82, 2.24) is 0 Å². The zero-order valence-corrected chi connectivity index (χ0v) is 13.5. The number of nitriles is 1. The average Bonchev–Trinajstić information content (AvgIpc) is 2.54. The summed E-state index contributed by atoms with van der Waals surface area (Å²) >= 11 is 0. The molecule has 2 aromatic rings. The van der Waals surface area contributed by atoms with Crippen molar-refractivity contribution in [2.45, 2.75) is 32.7 Å². The van der Waals surface area contributed by atoms with Crippen LogP contribution in [-0.2, 0) is 6.54 Å². The molecule has 1 aromatic heterocycles. The summed E-state index contributed by atoms with van der Waals surface area (Å²) in [4.78, 5) is 0. The maximum atomic E-state index is 12.4. The molecule has 23 heavy (non-hydrogen) atoms. The zero-order chi connectivity index (χ0) is 16.4. The predicted octanol–water partition coefficient (Wildman–Crippen LogP) is 2.85. The van der Waals surface area contributed by atoms with Gasteiger partial charge in [-0.2, -0.15) is 5.26 Å². The van der Waals surface area contributed by atoms with Gasteiger partial charge in [0.25, 0.3) is 0 Å². The second-order valence-corrected chi connectivity index (χ2v) is 6.54. The molecule has 0 aliphatic heterocycles. The highest BCUT2D eigenvalue weighted by molar-refractivity contribution is 5.87. The highest BCUT2D eigenvalue weighted by atomic mass is 16.5. The molecule has 1 aromatic carbocycles. The van der Waals surface area contributed by atoms with Crippen LogP contribution < -0.4 is 14.4 Å². The summed E-state index contributed by atoms with van der Waals surface area (Å²) in [6.45, 7) is 2.86. The maximum Gasteiger partial charge on any atom is 0.176 e. The van der Waals surface area contributed by atoms with Crippen molar-refractivity contribution < 1.29 is 14.4 Å². The summed E-state index contributed by atoms with van der Waals surface area (Å²) in [5.41, 5.74) is 0.771. The second kappa shape index (κ2) is 5.92. The summed E-state index contributed by atoms with van der Waals surface area (Å²) in [7, 11) is 1.60. The topological polar surface area (TPSA) is 60.0 Å². The van der Waals surface area contributed by atoms with Crippen LogP contribution >= 0.6 is 0 Å². The summed E-state index contributed by atoms with van der Waals surface area (Å²) in [6, 6.07) is 7.82. The number of rotatable bonds is 3. The molecule has 0 saturated heterocycles. The SMILES string of the molecule is COc1ccc2c[n+](CC3(C)C=C(C#N)CCC3)cc([O-])c2c1. The lowest BCUT2D eigenvalue weighted by Gasteiger charge is -2.27. The minimum absolute atomic E-state index is 0.00899. The van der Waals surface area contributed by atoms with Gasteiger partial charge in [0, 0.05) is 16.4 Å². The van der Waals surface area contributed by atoms with Crippen LogP contribution in [0.4, 0.5) is 0 Å². The maximum absolute atomic E-state index is 12.4. The van der Waals surface area contributed by atoms with Crippen LogP contribution in [0.25, 0.3) is 10.8 Å². The predicted molar refractivity (Wildman–Crippen MR) is 85.8 cm³/mol. The van der Waals surface area contributed by atoms with Gasteiger partial charge in [-0.3, -0.25) is 0 Å². The standard InChI is InChI=1S/C19H20N2O2/c1-19(7-3-4-14(9-19)10-20)13-21-11-15-5-6-16(23-2)8-17(15)18(22)12-21/h5-6,8-9,11-12H,3-4,7,13H2,1-2H3. The van der Waals surface area contributed by atoms with E-state index < -0.39 is 0 Å². The van der Waals surface area contributed by atoms with Crippen LogP contribution in [-0.4, -0.2) is 7.11 Å². The fraction of sp³-hybridized carbons (Fsp3) is 0.368. The number of aromatic nitrogens is 1. The molecule has 118 valence electrons. The van der Waals surface area contributed by atoms with Gasteiger partial charge in [-0.05, 0) is 55.5 Å².